The van der Waals surface area contributed by atoms with Crippen LogP contribution in [0.3, 0.4) is 0 Å². The molecule has 0 atom stereocenters. The summed E-state index contributed by atoms with van der Waals surface area (Å²) in [6.45, 7) is 5.66. The molecule has 0 aliphatic carbocycles. The van der Waals surface area contributed by atoms with Gasteiger partial charge in [-0.25, -0.2) is 0 Å². The zero-order valence-electron chi connectivity index (χ0n) is 18.0. The molecule has 0 saturated carbocycles. The monoisotopic (exact) mass is 513 g/mol. The second kappa shape index (κ2) is 11.7. The zero-order valence-corrected chi connectivity index (χ0v) is 20.4. The molecule has 0 amide bonds. The molecule has 29 heavy (non-hydrogen) atoms. The van der Waals surface area contributed by atoms with Crippen molar-refractivity contribution in [3.05, 3.63) is 53.6 Å². The maximum absolute atomic E-state index is 5.51. The van der Waals surface area contributed by atoms with Gasteiger partial charge in [0.1, 0.15) is 17.2 Å². The molecule has 0 saturated heterocycles. The van der Waals surface area contributed by atoms with Crippen molar-refractivity contribution in [2.24, 2.45) is 4.99 Å². The Hall–Kier alpha value is -2.16. The van der Waals surface area contributed by atoms with Gasteiger partial charge in [-0.05, 0) is 5.56 Å². The molecule has 0 unspecified atom stereocenters. The summed E-state index contributed by atoms with van der Waals surface area (Å²) in [7, 11) is 6.64. The SMILES string of the molecule is CN=C(NCc1c(OC)cc(OC)cc1OC)NCC(C)(C)c1ccccc1.I. The molecule has 0 bridgehead atoms. The maximum atomic E-state index is 5.51. The number of methoxy groups -OCH3 is 3. The standard InChI is InChI=1S/C22H31N3O3.HI/c1-22(2,16-10-8-7-9-11-16)15-25-21(23-3)24-14-18-19(27-5)12-17(26-4)13-20(18)28-6;/h7-13H,14-15H2,1-6H3,(H2,23,24,25);1H. The van der Waals surface area contributed by atoms with Gasteiger partial charge in [-0.15, -0.1) is 24.0 Å². The van der Waals surface area contributed by atoms with Gasteiger partial charge in [-0.1, -0.05) is 44.2 Å². The van der Waals surface area contributed by atoms with E-state index in [4.69, 9.17) is 14.2 Å². The Morgan fingerprint density at radius 3 is 2.00 bits per heavy atom. The summed E-state index contributed by atoms with van der Waals surface area (Å²) >= 11 is 0. The number of aliphatic imine (C=N–C) groups is 1. The third-order valence-corrected chi connectivity index (χ3v) is 4.73. The number of nitrogens with one attached hydrogen (secondary N) is 2. The van der Waals surface area contributed by atoms with Crippen molar-refractivity contribution in [3.63, 3.8) is 0 Å². The van der Waals surface area contributed by atoms with Crippen LogP contribution in [-0.4, -0.2) is 40.9 Å². The molecule has 0 aliphatic heterocycles. The molecule has 0 aromatic heterocycles. The Morgan fingerprint density at radius 2 is 1.52 bits per heavy atom. The molecule has 2 rings (SSSR count). The molecule has 7 heteroatoms. The maximum Gasteiger partial charge on any atom is 0.191 e. The fourth-order valence-electron chi connectivity index (χ4n) is 2.94. The first-order valence-electron chi connectivity index (χ1n) is 9.24. The number of guanidine groups is 1. The average molecular weight is 513 g/mol. The van der Waals surface area contributed by atoms with Crippen molar-refractivity contribution in [1.29, 1.82) is 0 Å². The number of nitrogens with zero attached hydrogens (tertiary/aromatic N) is 1. The Bertz CT molecular complexity index is 770. The van der Waals surface area contributed by atoms with Gasteiger partial charge in [0.2, 0.25) is 0 Å². The lowest BCUT2D eigenvalue weighted by Gasteiger charge is -2.27. The largest absolute Gasteiger partial charge is 0.496 e. The van der Waals surface area contributed by atoms with Crippen LogP contribution in [0.5, 0.6) is 17.2 Å². The zero-order chi connectivity index (χ0) is 20.6. The van der Waals surface area contributed by atoms with Crippen LogP contribution in [0.2, 0.25) is 0 Å². The van der Waals surface area contributed by atoms with E-state index >= 15 is 0 Å². The molecule has 0 fully saturated rings. The van der Waals surface area contributed by atoms with Crippen molar-refractivity contribution in [2.45, 2.75) is 25.8 Å². The van der Waals surface area contributed by atoms with Gasteiger partial charge in [0.05, 0.1) is 33.4 Å². The molecule has 0 spiro atoms. The molecule has 0 radical (unpaired) electrons. The molecule has 2 aromatic carbocycles. The Labute approximate surface area is 191 Å². The number of hydrogen-bond donors (Lipinski definition) is 2. The van der Waals surface area contributed by atoms with Gasteiger partial charge in [0.15, 0.2) is 5.96 Å². The number of rotatable bonds is 8. The normalized spacial score (nSPS) is 11.3. The van der Waals surface area contributed by atoms with Crippen LogP contribution in [0.4, 0.5) is 0 Å². The fourth-order valence-corrected chi connectivity index (χ4v) is 2.94. The van der Waals surface area contributed by atoms with E-state index in [1.54, 1.807) is 28.4 Å². The van der Waals surface area contributed by atoms with Crippen LogP contribution in [0, 0.1) is 0 Å². The van der Waals surface area contributed by atoms with E-state index in [2.05, 4.69) is 53.7 Å². The van der Waals surface area contributed by atoms with Gasteiger partial charge >= 0.3 is 0 Å². The first-order valence-corrected chi connectivity index (χ1v) is 9.24. The van der Waals surface area contributed by atoms with Crippen molar-refractivity contribution in [1.82, 2.24) is 10.6 Å². The minimum absolute atomic E-state index is 0. The second-order valence-corrected chi connectivity index (χ2v) is 7.04. The lowest BCUT2D eigenvalue weighted by molar-refractivity contribution is 0.368. The van der Waals surface area contributed by atoms with E-state index in [1.807, 2.05) is 18.2 Å². The van der Waals surface area contributed by atoms with Crippen molar-refractivity contribution >= 4 is 29.9 Å². The predicted molar refractivity (Wildman–Crippen MR) is 129 cm³/mol. The van der Waals surface area contributed by atoms with Crippen LogP contribution in [-0.2, 0) is 12.0 Å². The summed E-state index contributed by atoms with van der Waals surface area (Å²) in [5.74, 6) is 2.79. The smallest absolute Gasteiger partial charge is 0.191 e. The summed E-state index contributed by atoms with van der Waals surface area (Å²) in [5, 5.41) is 6.74. The topological polar surface area (TPSA) is 64.1 Å². The van der Waals surface area contributed by atoms with Gasteiger partial charge in [0, 0.05) is 31.1 Å². The Kier molecular flexibility index (Phi) is 10.1. The fraction of sp³-hybridized carbons (Fsp3) is 0.409. The highest BCUT2D eigenvalue weighted by Gasteiger charge is 2.21. The van der Waals surface area contributed by atoms with Crippen LogP contribution >= 0.6 is 24.0 Å². The van der Waals surface area contributed by atoms with Crippen LogP contribution in [0.25, 0.3) is 0 Å². The quantitative estimate of drug-likeness (QED) is 0.318. The summed E-state index contributed by atoms with van der Waals surface area (Å²) in [4.78, 5) is 4.33. The second-order valence-electron chi connectivity index (χ2n) is 7.04. The lowest BCUT2D eigenvalue weighted by Crippen LogP contribution is -2.43. The average Bonchev–Trinajstić information content (AvgIpc) is 2.73. The molecule has 0 aliphatic rings. The van der Waals surface area contributed by atoms with E-state index in [0.717, 1.165) is 12.1 Å². The summed E-state index contributed by atoms with van der Waals surface area (Å²) in [5.41, 5.74) is 2.14. The van der Waals surface area contributed by atoms with Crippen LogP contribution < -0.4 is 24.8 Å². The van der Waals surface area contributed by atoms with Gasteiger partial charge in [0.25, 0.3) is 0 Å². The molecular formula is C22H32IN3O3. The minimum atomic E-state index is -0.0334. The van der Waals surface area contributed by atoms with E-state index < -0.39 is 0 Å². The summed E-state index contributed by atoms with van der Waals surface area (Å²) in [6.07, 6.45) is 0. The molecule has 2 N–H and O–H groups in total. The highest BCUT2D eigenvalue weighted by Crippen LogP contribution is 2.33. The summed E-state index contributed by atoms with van der Waals surface area (Å²) in [6, 6.07) is 14.1. The van der Waals surface area contributed by atoms with Crippen LogP contribution in [0.1, 0.15) is 25.0 Å². The molecule has 2 aromatic rings. The highest BCUT2D eigenvalue weighted by atomic mass is 127. The number of ether oxygens (including phenoxy) is 3. The van der Waals surface area contributed by atoms with Crippen LogP contribution in [0.15, 0.2) is 47.5 Å². The molecule has 6 nitrogen and oxygen atoms in total. The third kappa shape index (κ3) is 6.69. The minimum Gasteiger partial charge on any atom is -0.496 e. The first kappa shape index (κ1) is 24.9. The molecular weight excluding hydrogens is 481 g/mol. The van der Waals surface area contributed by atoms with Crippen molar-refractivity contribution in [2.75, 3.05) is 34.9 Å². The molecule has 0 heterocycles. The van der Waals surface area contributed by atoms with Gasteiger partial charge in [-0.2, -0.15) is 0 Å². The van der Waals surface area contributed by atoms with Gasteiger partial charge in [-0.3, -0.25) is 4.99 Å². The number of benzene rings is 2. The summed E-state index contributed by atoms with van der Waals surface area (Å²) < 4.78 is 16.3. The van der Waals surface area contributed by atoms with Crippen molar-refractivity contribution < 1.29 is 14.2 Å². The van der Waals surface area contributed by atoms with E-state index in [1.165, 1.54) is 5.56 Å². The highest BCUT2D eigenvalue weighted by molar-refractivity contribution is 14.0. The Balaban J connectivity index is 0.00000420. The first-order chi connectivity index (χ1) is 13.4. The van der Waals surface area contributed by atoms with E-state index in [-0.39, 0.29) is 29.4 Å². The number of hydrogen-bond acceptors (Lipinski definition) is 4. The third-order valence-electron chi connectivity index (χ3n) is 4.73. The Morgan fingerprint density at radius 1 is 0.931 bits per heavy atom. The van der Waals surface area contributed by atoms with E-state index in [0.29, 0.717) is 29.8 Å². The van der Waals surface area contributed by atoms with E-state index in [9.17, 15) is 0 Å². The number of halogens is 1. The lowest BCUT2D eigenvalue weighted by atomic mass is 9.85. The van der Waals surface area contributed by atoms with Crippen molar-refractivity contribution in [3.8, 4) is 17.2 Å². The van der Waals surface area contributed by atoms with Gasteiger partial charge < -0.3 is 24.8 Å². The predicted octanol–water partition coefficient (Wildman–Crippen LogP) is 3.97. The molecule has 160 valence electrons.